The number of nitrogens with zero attached hydrogens (tertiary/aromatic N) is 1. The normalized spacial score (nSPS) is 22.5. The average molecular weight is 210 g/mol. The fraction of sp³-hybridized carbons (Fsp3) is 0.600. The predicted octanol–water partition coefficient (Wildman–Crippen LogP) is -0.730. The second-order valence-electron chi connectivity index (χ2n) is 3.61. The van der Waals surface area contributed by atoms with Crippen molar-refractivity contribution < 1.29 is 14.7 Å². The minimum absolute atomic E-state index is 0.0400. The predicted molar refractivity (Wildman–Crippen MR) is 53.7 cm³/mol. The number of aliphatic carboxylic acids is 1. The molecule has 1 aliphatic heterocycles. The van der Waals surface area contributed by atoms with Crippen LogP contribution in [0.5, 0.6) is 0 Å². The lowest BCUT2D eigenvalue weighted by Gasteiger charge is -2.22. The van der Waals surface area contributed by atoms with Crippen molar-refractivity contribution in [2.75, 3.05) is 13.1 Å². The van der Waals surface area contributed by atoms with E-state index in [0.29, 0.717) is 19.5 Å². The smallest absolute Gasteiger partial charge is 0.327 e. The van der Waals surface area contributed by atoms with Crippen molar-refractivity contribution in [2.24, 2.45) is 11.7 Å². The molecule has 1 aliphatic rings. The van der Waals surface area contributed by atoms with E-state index in [9.17, 15) is 9.59 Å². The van der Waals surface area contributed by atoms with Crippen LogP contribution < -0.4 is 5.73 Å². The van der Waals surface area contributed by atoms with Gasteiger partial charge in [-0.2, -0.15) is 0 Å². The fourth-order valence-corrected chi connectivity index (χ4v) is 1.71. The van der Waals surface area contributed by atoms with E-state index in [4.69, 9.17) is 17.3 Å². The van der Waals surface area contributed by atoms with Crippen LogP contribution in [0.25, 0.3) is 0 Å². The van der Waals surface area contributed by atoms with Gasteiger partial charge in [0, 0.05) is 19.4 Å². The largest absolute Gasteiger partial charge is 0.480 e. The monoisotopic (exact) mass is 210 g/mol. The summed E-state index contributed by atoms with van der Waals surface area (Å²) < 4.78 is 0. The molecule has 2 unspecified atom stereocenters. The lowest BCUT2D eigenvalue weighted by atomic mass is 10.1. The molecule has 0 saturated carbocycles. The van der Waals surface area contributed by atoms with Gasteiger partial charge in [-0.1, -0.05) is 0 Å². The summed E-state index contributed by atoms with van der Waals surface area (Å²) in [4.78, 5) is 23.7. The van der Waals surface area contributed by atoms with Gasteiger partial charge in [-0.25, -0.2) is 4.79 Å². The van der Waals surface area contributed by atoms with Crippen molar-refractivity contribution in [3.8, 4) is 12.3 Å². The number of nitrogens with two attached hydrogens (primary N) is 1. The molecule has 1 heterocycles. The molecule has 0 aromatic heterocycles. The third kappa shape index (κ3) is 2.48. The summed E-state index contributed by atoms with van der Waals surface area (Å²) in [6.07, 6.45) is 5.44. The molecule has 0 spiro atoms. The van der Waals surface area contributed by atoms with E-state index in [-0.39, 0.29) is 18.2 Å². The second kappa shape index (κ2) is 4.80. The van der Waals surface area contributed by atoms with Gasteiger partial charge in [0.1, 0.15) is 6.04 Å². The minimum Gasteiger partial charge on any atom is -0.480 e. The third-order valence-electron chi connectivity index (χ3n) is 2.54. The van der Waals surface area contributed by atoms with E-state index in [1.54, 1.807) is 0 Å². The van der Waals surface area contributed by atoms with Gasteiger partial charge < -0.3 is 15.7 Å². The summed E-state index contributed by atoms with van der Waals surface area (Å²) in [5.74, 6) is 1.10. The third-order valence-corrected chi connectivity index (χ3v) is 2.54. The number of carbonyl (C=O) groups excluding carboxylic acids is 1. The Labute approximate surface area is 88.2 Å². The number of carboxylic acids is 1. The molecule has 0 radical (unpaired) electrons. The molecule has 0 aliphatic carbocycles. The van der Waals surface area contributed by atoms with E-state index in [1.807, 2.05) is 0 Å². The Hall–Kier alpha value is -1.54. The van der Waals surface area contributed by atoms with Crippen LogP contribution in [0.15, 0.2) is 0 Å². The van der Waals surface area contributed by atoms with Crippen molar-refractivity contribution in [3.05, 3.63) is 0 Å². The lowest BCUT2D eigenvalue weighted by molar-refractivity contribution is -0.148. The number of rotatable bonds is 4. The summed E-state index contributed by atoms with van der Waals surface area (Å²) in [7, 11) is 0. The maximum absolute atomic E-state index is 11.5. The molecule has 1 amide bonds. The molecule has 0 aromatic rings. The van der Waals surface area contributed by atoms with Crippen LogP contribution in [-0.2, 0) is 9.59 Å². The molecule has 82 valence electrons. The van der Waals surface area contributed by atoms with Crippen LogP contribution in [0.4, 0.5) is 0 Å². The van der Waals surface area contributed by atoms with Crippen LogP contribution in [0, 0.1) is 18.3 Å². The summed E-state index contributed by atoms with van der Waals surface area (Å²) in [5.41, 5.74) is 5.44. The van der Waals surface area contributed by atoms with Crippen molar-refractivity contribution >= 4 is 11.9 Å². The highest BCUT2D eigenvalue weighted by Gasteiger charge is 2.36. The molecule has 3 N–H and O–H groups in total. The van der Waals surface area contributed by atoms with E-state index in [2.05, 4.69) is 5.92 Å². The molecule has 1 saturated heterocycles. The number of likely N-dealkylation sites (tertiary alicyclic amines) is 1. The Morgan fingerprint density at radius 1 is 1.80 bits per heavy atom. The van der Waals surface area contributed by atoms with Crippen LogP contribution in [-0.4, -0.2) is 41.0 Å². The zero-order chi connectivity index (χ0) is 11.4. The minimum atomic E-state index is -1.06. The molecule has 0 bridgehead atoms. The first-order valence-corrected chi connectivity index (χ1v) is 4.76. The highest BCUT2D eigenvalue weighted by atomic mass is 16.4. The average Bonchev–Trinajstić information content (AvgIpc) is 2.55. The van der Waals surface area contributed by atoms with Crippen molar-refractivity contribution in [2.45, 2.75) is 18.9 Å². The summed E-state index contributed by atoms with van der Waals surface area (Å²) in [5, 5.41) is 8.92. The van der Waals surface area contributed by atoms with Gasteiger partial charge in [0.25, 0.3) is 0 Å². The van der Waals surface area contributed by atoms with Crippen LogP contribution >= 0.6 is 0 Å². The number of hydrogen-bond donors (Lipinski definition) is 2. The van der Waals surface area contributed by atoms with Gasteiger partial charge in [-0.3, -0.25) is 4.79 Å². The first-order chi connectivity index (χ1) is 7.10. The number of carbonyl (C=O) groups is 2. The molecule has 2 atom stereocenters. The second-order valence-corrected chi connectivity index (χ2v) is 3.61. The molecule has 5 nitrogen and oxygen atoms in total. The molecule has 15 heavy (non-hydrogen) atoms. The van der Waals surface area contributed by atoms with Crippen LogP contribution in [0.2, 0.25) is 0 Å². The Balaban J connectivity index is 2.73. The van der Waals surface area contributed by atoms with Gasteiger partial charge in [0.05, 0.1) is 0 Å². The maximum Gasteiger partial charge on any atom is 0.327 e. The van der Waals surface area contributed by atoms with E-state index >= 15 is 0 Å². The quantitative estimate of drug-likeness (QED) is 0.599. The molecular weight excluding hydrogens is 196 g/mol. The molecule has 5 heteroatoms. The highest BCUT2D eigenvalue weighted by molar-refractivity contribution is 5.85. The number of carboxylic acid groups (broad SMARTS) is 1. The van der Waals surface area contributed by atoms with Gasteiger partial charge >= 0.3 is 5.97 Å². The SMILES string of the molecule is C#CCC(C(=O)O)N1CC(CN)CC1=O. The topological polar surface area (TPSA) is 83.6 Å². The van der Waals surface area contributed by atoms with Crippen molar-refractivity contribution in [1.82, 2.24) is 4.90 Å². The van der Waals surface area contributed by atoms with E-state index in [0.717, 1.165) is 0 Å². The first kappa shape index (κ1) is 11.5. The highest BCUT2D eigenvalue weighted by Crippen LogP contribution is 2.20. The summed E-state index contributed by atoms with van der Waals surface area (Å²) in [6.45, 7) is 0.790. The van der Waals surface area contributed by atoms with Crippen LogP contribution in [0.3, 0.4) is 0 Å². The van der Waals surface area contributed by atoms with Crippen molar-refractivity contribution in [3.63, 3.8) is 0 Å². The zero-order valence-corrected chi connectivity index (χ0v) is 8.35. The van der Waals surface area contributed by atoms with E-state index in [1.165, 1.54) is 4.90 Å². The number of amides is 1. The zero-order valence-electron chi connectivity index (χ0n) is 8.35. The van der Waals surface area contributed by atoms with Gasteiger partial charge in [-0.15, -0.1) is 12.3 Å². The Kier molecular flexibility index (Phi) is 3.69. The standard InChI is InChI=1S/C10H14N2O3/c1-2-3-8(10(14)15)12-6-7(5-11)4-9(12)13/h1,7-8H,3-6,11H2,(H,14,15). The van der Waals surface area contributed by atoms with Crippen molar-refractivity contribution in [1.29, 1.82) is 0 Å². The fourth-order valence-electron chi connectivity index (χ4n) is 1.71. The molecule has 1 rings (SSSR count). The number of hydrogen-bond acceptors (Lipinski definition) is 3. The molecule has 1 fully saturated rings. The molecular formula is C10H14N2O3. The summed E-state index contributed by atoms with van der Waals surface area (Å²) >= 11 is 0. The number of terminal acetylenes is 1. The Morgan fingerprint density at radius 3 is 2.87 bits per heavy atom. The first-order valence-electron chi connectivity index (χ1n) is 4.76. The van der Waals surface area contributed by atoms with Gasteiger partial charge in [0.15, 0.2) is 0 Å². The summed E-state index contributed by atoms with van der Waals surface area (Å²) in [6, 6.07) is -0.904. The van der Waals surface area contributed by atoms with E-state index < -0.39 is 12.0 Å². The lowest BCUT2D eigenvalue weighted by Crippen LogP contribution is -2.42. The van der Waals surface area contributed by atoms with Crippen LogP contribution in [0.1, 0.15) is 12.8 Å². The van der Waals surface area contributed by atoms with Gasteiger partial charge in [-0.05, 0) is 12.5 Å². The Bertz CT molecular complexity index is 308. The Morgan fingerprint density at radius 2 is 2.47 bits per heavy atom. The maximum atomic E-state index is 11.5. The molecule has 0 aromatic carbocycles. The van der Waals surface area contributed by atoms with Gasteiger partial charge in [0.2, 0.25) is 5.91 Å².